The second-order valence-electron chi connectivity index (χ2n) is 5.58. The fourth-order valence-corrected chi connectivity index (χ4v) is 3.88. The van der Waals surface area contributed by atoms with Crippen molar-refractivity contribution in [3.8, 4) is 0 Å². The van der Waals surface area contributed by atoms with Gasteiger partial charge < -0.3 is 10.6 Å². The zero-order chi connectivity index (χ0) is 16.5. The van der Waals surface area contributed by atoms with E-state index in [1.165, 1.54) is 23.5 Å². The lowest BCUT2D eigenvalue weighted by Gasteiger charge is -2.21. The monoisotopic (exact) mass is 339 g/mol. The van der Waals surface area contributed by atoms with Crippen LogP contribution < -0.4 is 10.6 Å². The number of hydrogen-bond donors (Lipinski definition) is 2. The molecule has 6 heteroatoms. The molecule has 2 N–H and O–H groups in total. The largest absolute Gasteiger partial charge is 0.331 e. The van der Waals surface area contributed by atoms with Crippen LogP contribution in [0, 0.1) is 5.82 Å². The summed E-state index contributed by atoms with van der Waals surface area (Å²) in [5, 5.41) is 6.75. The number of carbonyl (C=O) groups is 1. The fourth-order valence-electron chi connectivity index (χ4n) is 2.81. The van der Waals surface area contributed by atoms with Crippen LogP contribution in [0.1, 0.15) is 22.8 Å². The lowest BCUT2D eigenvalue weighted by molar-refractivity contribution is -0.116. The molecular weight excluding hydrogens is 325 g/mol. The van der Waals surface area contributed by atoms with Crippen molar-refractivity contribution >= 4 is 33.9 Å². The van der Waals surface area contributed by atoms with Gasteiger partial charge in [-0.3, -0.25) is 4.79 Å². The molecule has 0 radical (unpaired) electrons. The number of anilines is 3. The molecule has 3 aromatic rings. The van der Waals surface area contributed by atoms with E-state index >= 15 is 0 Å². The van der Waals surface area contributed by atoms with Crippen molar-refractivity contribution in [3.05, 3.63) is 70.9 Å². The van der Waals surface area contributed by atoms with Gasteiger partial charge in [-0.2, -0.15) is 0 Å². The zero-order valence-corrected chi connectivity index (χ0v) is 13.4. The molecule has 0 aliphatic carbocycles. The zero-order valence-electron chi connectivity index (χ0n) is 12.6. The molecule has 4 rings (SSSR count). The summed E-state index contributed by atoms with van der Waals surface area (Å²) in [6, 6.07) is 16.1. The first-order valence-electron chi connectivity index (χ1n) is 7.57. The Hall–Kier alpha value is -2.73. The fraction of sp³-hybridized carbons (Fsp3) is 0.111. The van der Waals surface area contributed by atoms with Gasteiger partial charge >= 0.3 is 0 Å². The van der Waals surface area contributed by atoms with Crippen LogP contribution in [0.4, 0.5) is 21.0 Å². The van der Waals surface area contributed by atoms with Gasteiger partial charge in [0.05, 0.1) is 4.88 Å². The van der Waals surface area contributed by atoms with Gasteiger partial charge in [0.15, 0.2) is 5.13 Å². The average molecular weight is 339 g/mol. The molecule has 0 saturated carbocycles. The number of halogens is 1. The Morgan fingerprint density at radius 3 is 2.79 bits per heavy atom. The van der Waals surface area contributed by atoms with Gasteiger partial charge in [0, 0.05) is 18.0 Å². The van der Waals surface area contributed by atoms with E-state index in [1.54, 1.807) is 6.07 Å². The van der Waals surface area contributed by atoms with Crippen LogP contribution in [0.15, 0.2) is 54.6 Å². The van der Waals surface area contributed by atoms with Crippen LogP contribution in [-0.2, 0) is 4.79 Å². The van der Waals surface area contributed by atoms with Crippen LogP contribution >= 0.6 is 11.3 Å². The third-order valence-electron chi connectivity index (χ3n) is 3.89. The van der Waals surface area contributed by atoms with E-state index in [0.717, 1.165) is 16.1 Å². The first-order chi connectivity index (χ1) is 11.7. The van der Waals surface area contributed by atoms with E-state index in [0.29, 0.717) is 17.4 Å². The number of para-hydroxylation sites is 1. The van der Waals surface area contributed by atoms with Gasteiger partial charge in [-0.1, -0.05) is 41.7 Å². The molecule has 0 saturated heterocycles. The number of hydrogen-bond acceptors (Lipinski definition) is 4. The van der Waals surface area contributed by atoms with Crippen LogP contribution in [0.2, 0.25) is 0 Å². The molecule has 1 unspecified atom stereocenters. The predicted molar refractivity (Wildman–Crippen MR) is 93.3 cm³/mol. The summed E-state index contributed by atoms with van der Waals surface area (Å²) in [5.41, 5.74) is 1.72. The summed E-state index contributed by atoms with van der Waals surface area (Å²) in [6.45, 7) is 0. The Balaban J connectivity index is 1.70. The van der Waals surface area contributed by atoms with E-state index in [9.17, 15) is 9.18 Å². The minimum atomic E-state index is -0.299. The molecule has 4 nitrogen and oxygen atoms in total. The number of amides is 1. The molecule has 1 aliphatic rings. The highest BCUT2D eigenvalue weighted by atomic mass is 32.1. The Morgan fingerprint density at radius 1 is 1.17 bits per heavy atom. The quantitative estimate of drug-likeness (QED) is 0.739. The number of nitrogens with one attached hydrogen (secondary N) is 2. The van der Waals surface area contributed by atoms with Crippen LogP contribution in [0.25, 0.3) is 0 Å². The molecule has 0 bridgehead atoms. The van der Waals surface area contributed by atoms with Gasteiger partial charge in [0.2, 0.25) is 5.91 Å². The van der Waals surface area contributed by atoms with Crippen molar-refractivity contribution < 1.29 is 9.18 Å². The maximum Gasteiger partial charge on any atom is 0.226 e. The highest BCUT2D eigenvalue weighted by Crippen LogP contribution is 2.42. The first-order valence-corrected chi connectivity index (χ1v) is 8.39. The maximum absolute atomic E-state index is 13.6. The molecule has 0 fully saturated rings. The summed E-state index contributed by atoms with van der Waals surface area (Å²) < 4.78 is 13.6. The second kappa shape index (κ2) is 6.05. The Morgan fingerprint density at radius 2 is 2.00 bits per heavy atom. The number of rotatable bonds is 3. The smallest absolute Gasteiger partial charge is 0.226 e. The molecule has 1 aromatic heterocycles. The van der Waals surface area contributed by atoms with Gasteiger partial charge in [-0.05, 0) is 29.8 Å². The van der Waals surface area contributed by atoms with Crippen molar-refractivity contribution in [2.45, 2.75) is 12.3 Å². The van der Waals surface area contributed by atoms with Crippen molar-refractivity contribution in [1.82, 2.24) is 4.98 Å². The molecule has 2 heterocycles. The predicted octanol–water partition coefficient (Wildman–Crippen LogP) is 4.50. The molecule has 1 amide bonds. The summed E-state index contributed by atoms with van der Waals surface area (Å²) in [4.78, 5) is 17.4. The van der Waals surface area contributed by atoms with Crippen LogP contribution in [0.3, 0.4) is 0 Å². The minimum Gasteiger partial charge on any atom is -0.331 e. The van der Waals surface area contributed by atoms with E-state index in [-0.39, 0.29) is 17.6 Å². The molecular formula is C18H14FN3OS. The van der Waals surface area contributed by atoms with Gasteiger partial charge in [-0.15, -0.1) is 0 Å². The number of nitrogens with zero attached hydrogens (tertiary/aromatic N) is 1. The minimum absolute atomic E-state index is 0.103. The van der Waals surface area contributed by atoms with Gasteiger partial charge in [0.25, 0.3) is 0 Å². The van der Waals surface area contributed by atoms with Crippen LogP contribution in [-0.4, -0.2) is 10.9 Å². The van der Waals surface area contributed by atoms with Crippen molar-refractivity contribution in [2.75, 3.05) is 10.6 Å². The number of benzene rings is 2. The summed E-state index contributed by atoms with van der Waals surface area (Å²) in [6.07, 6.45) is 0.295. The number of fused-ring (bicyclic) bond motifs is 1. The Labute approximate surface area is 142 Å². The van der Waals surface area contributed by atoms with E-state index in [2.05, 4.69) is 15.6 Å². The van der Waals surface area contributed by atoms with Crippen LogP contribution in [0.5, 0.6) is 0 Å². The molecule has 120 valence electrons. The van der Waals surface area contributed by atoms with Crippen molar-refractivity contribution in [2.24, 2.45) is 0 Å². The first kappa shape index (κ1) is 14.8. The lowest BCUT2D eigenvalue weighted by Crippen LogP contribution is -2.22. The summed E-state index contributed by atoms with van der Waals surface area (Å²) in [7, 11) is 0. The highest BCUT2D eigenvalue weighted by molar-refractivity contribution is 7.16. The maximum atomic E-state index is 13.6. The third-order valence-corrected chi connectivity index (χ3v) is 4.98. The molecule has 2 aromatic carbocycles. The van der Waals surface area contributed by atoms with E-state index in [4.69, 9.17) is 0 Å². The highest BCUT2D eigenvalue weighted by Gasteiger charge is 2.30. The normalized spacial score (nSPS) is 16.4. The number of carbonyl (C=O) groups excluding carboxylic acids is 1. The SMILES string of the molecule is O=C1CC(c2cccc(F)c2)c2sc(Nc3ccccc3)nc2N1. The molecule has 1 aliphatic heterocycles. The van der Waals surface area contributed by atoms with Gasteiger partial charge in [-0.25, -0.2) is 9.37 Å². The molecule has 0 spiro atoms. The third kappa shape index (κ3) is 2.88. The summed E-state index contributed by atoms with van der Waals surface area (Å²) in [5.74, 6) is -0.0160. The Kier molecular flexibility index (Phi) is 3.74. The molecule has 24 heavy (non-hydrogen) atoms. The number of thiazole rings is 1. The van der Waals surface area contributed by atoms with Gasteiger partial charge in [0.1, 0.15) is 11.6 Å². The van der Waals surface area contributed by atoms with Crippen molar-refractivity contribution in [3.63, 3.8) is 0 Å². The van der Waals surface area contributed by atoms with E-state index < -0.39 is 0 Å². The topological polar surface area (TPSA) is 54.0 Å². The Bertz CT molecular complexity index is 894. The lowest BCUT2D eigenvalue weighted by atomic mass is 9.91. The van der Waals surface area contributed by atoms with E-state index in [1.807, 2.05) is 36.4 Å². The average Bonchev–Trinajstić information content (AvgIpc) is 2.97. The second-order valence-corrected chi connectivity index (χ2v) is 6.61. The summed E-state index contributed by atoms with van der Waals surface area (Å²) >= 11 is 1.48. The number of aromatic nitrogens is 1. The molecule has 1 atom stereocenters. The standard InChI is InChI=1S/C18H14FN3OS/c19-12-6-4-5-11(9-12)14-10-15(23)21-17-16(14)24-18(22-17)20-13-7-2-1-3-8-13/h1-9,14H,10H2,(H,20,22)(H,21,23). The van der Waals surface area contributed by atoms with Crippen molar-refractivity contribution in [1.29, 1.82) is 0 Å².